The lowest BCUT2D eigenvalue weighted by atomic mass is 10.1. The summed E-state index contributed by atoms with van der Waals surface area (Å²) in [5, 5.41) is 13.9. The fourth-order valence-corrected chi connectivity index (χ4v) is 3.07. The monoisotopic (exact) mass is 327 g/mol. The van der Waals surface area contributed by atoms with Gasteiger partial charge in [0.25, 0.3) is 0 Å². The maximum atomic E-state index is 13.7. The van der Waals surface area contributed by atoms with E-state index in [0.29, 0.717) is 23.0 Å². The first kappa shape index (κ1) is 16.3. The van der Waals surface area contributed by atoms with Crippen LogP contribution in [-0.2, 0) is 12.8 Å². The molecule has 0 atom stereocenters. The smallest absolute Gasteiger partial charge is 0.128 e. The van der Waals surface area contributed by atoms with Crippen molar-refractivity contribution >= 4 is 22.9 Å². The third kappa shape index (κ3) is 5.02. The molecule has 2 aromatic rings. The first-order valence-electron chi connectivity index (χ1n) is 7.04. The fraction of sp³-hybridized carbons (Fsp3) is 0.467. The van der Waals surface area contributed by atoms with Crippen LogP contribution in [0.25, 0.3) is 0 Å². The number of aryl methyl sites for hydroxylation is 1. The van der Waals surface area contributed by atoms with Crippen molar-refractivity contribution < 1.29 is 4.39 Å². The van der Waals surface area contributed by atoms with E-state index in [-0.39, 0.29) is 5.82 Å². The molecule has 3 nitrogen and oxygen atoms in total. The molecule has 0 bridgehead atoms. The Morgan fingerprint density at radius 1 is 1.29 bits per heavy atom. The van der Waals surface area contributed by atoms with E-state index < -0.39 is 0 Å². The van der Waals surface area contributed by atoms with Gasteiger partial charge >= 0.3 is 0 Å². The topological polar surface area (TPSA) is 37.8 Å². The van der Waals surface area contributed by atoms with Crippen LogP contribution in [0.15, 0.2) is 18.2 Å². The van der Waals surface area contributed by atoms with Crippen LogP contribution in [0.2, 0.25) is 5.02 Å². The minimum atomic E-state index is -0.291. The average Bonchev–Trinajstić information content (AvgIpc) is 2.87. The lowest BCUT2D eigenvalue weighted by molar-refractivity contribution is 0.569. The second-order valence-corrected chi connectivity index (χ2v) is 6.73. The van der Waals surface area contributed by atoms with Crippen LogP contribution in [0, 0.1) is 5.82 Å². The highest BCUT2D eigenvalue weighted by molar-refractivity contribution is 7.11. The molecule has 0 radical (unpaired) electrons. The third-order valence-corrected chi connectivity index (χ3v) is 4.36. The van der Waals surface area contributed by atoms with Gasteiger partial charge in [0.2, 0.25) is 0 Å². The summed E-state index contributed by atoms with van der Waals surface area (Å²) < 4.78 is 13.7. The number of hydrogen-bond donors (Lipinski definition) is 1. The van der Waals surface area contributed by atoms with Gasteiger partial charge < -0.3 is 5.32 Å². The van der Waals surface area contributed by atoms with Crippen molar-refractivity contribution in [1.29, 1.82) is 0 Å². The quantitative estimate of drug-likeness (QED) is 0.785. The van der Waals surface area contributed by atoms with Crippen molar-refractivity contribution in [2.75, 3.05) is 6.54 Å². The van der Waals surface area contributed by atoms with E-state index >= 15 is 0 Å². The number of benzene rings is 1. The van der Waals surface area contributed by atoms with Gasteiger partial charge in [-0.2, -0.15) is 0 Å². The molecule has 0 aliphatic heterocycles. The summed E-state index contributed by atoms with van der Waals surface area (Å²) in [6, 6.07) is 5.22. The molecule has 0 aliphatic rings. The van der Waals surface area contributed by atoms with Crippen molar-refractivity contribution in [3.8, 4) is 0 Å². The Bertz CT molecular complexity index is 566. The molecule has 1 aromatic heterocycles. The highest BCUT2D eigenvalue weighted by Crippen LogP contribution is 2.23. The van der Waals surface area contributed by atoms with Crippen LogP contribution in [0.1, 0.15) is 35.8 Å². The van der Waals surface area contributed by atoms with Crippen molar-refractivity contribution in [2.45, 2.75) is 39.2 Å². The van der Waals surface area contributed by atoms with Gasteiger partial charge in [0, 0.05) is 29.5 Å². The van der Waals surface area contributed by atoms with E-state index in [0.717, 1.165) is 29.4 Å². The summed E-state index contributed by atoms with van der Waals surface area (Å²) >= 11 is 7.56. The van der Waals surface area contributed by atoms with Gasteiger partial charge in [-0.25, -0.2) is 4.39 Å². The largest absolute Gasteiger partial charge is 0.315 e. The third-order valence-electron chi connectivity index (χ3n) is 3.02. The SMILES string of the molecule is CC(C)NCCCc1nnc(Cc2c(F)cccc2Cl)s1. The fourth-order valence-electron chi connectivity index (χ4n) is 1.94. The second-order valence-electron chi connectivity index (χ2n) is 5.18. The van der Waals surface area contributed by atoms with Gasteiger partial charge in [-0.3, -0.25) is 0 Å². The Hall–Kier alpha value is -1.04. The number of aromatic nitrogens is 2. The molecular formula is C15H19ClFN3S. The predicted octanol–water partition coefficient (Wildman–Crippen LogP) is 3.85. The van der Waals surface area contributed by atoms with Gasteiger partial charge in [0.05, 0.1) is 0 Å². The first-order valence-corrected chi connectivity index (χ1v) is 8.23. The van der Waals surface area contributed by atoms with Crippen LogP contribution in [-0.4, -0.2) is 22.8 Å². The summed E-state index contributed by atoms with van der Waals surface area (Å²) in [5.41, 5.74) is 0.489. The van der Waals surface area contributed by atoms with Gasteiger partial charge in [-0.05, 0) is 25.1 Å². The Balaban J connectivity index is 1.91. The van der Waals surface area contributed by atoms with Crippen LogP contribution < -0.4 is 5.32 Å². The van der Waals surface area contributed by atoms with Crippen LogP contribution in [0.5, 0.6) is 0 Å². The number of rotatable bonds is 7. The molecule has 114 valence electrons. The molecule has 0 amide bonds. The van der Waals surface area contributed by atoms with Crippen LogP contribution in [0.3, 0.4) is 0 Å². The first-order chi connectivity index (χ1) is 10.1. The average molecular weight is 328 g/mol. The Morgan fingerprint density at radius 3 is 2.76 bits per heavy atom. The zero-order chi connectivity index (χ0) is 15.2. The molecule has 0 unspecified atom stereocenters. The molecule has 2 rings (SSSR count). The normalized spacial score (nSPS) is 11.3. The summed E-state index contributed by atoms with van der Waals surface area (Å²) in [6.07, 6.45) is 2.31. The standard InChI is InChI=1S/C15H19ClFN3S/c1-10(2)18-8-4-7-14-19-20-15(21-14)9-11-12(16)5-3-6-13(11)17/h3,5-6,10,18H,4,7-9H2,1-2H3. The van der Waals surface area contributed by atoms with Crippen LogP contribution in [0.4, 0.5) is 4.39 Å². The summed E-state index contributed by atoms with van der Waals surface area (Å²) in [6.45, 7) is 5.22. The number of halogens is 2. The number of nitrogens with one attached hydrogen (secondary N) is 1. The molecular weight excluding hydrogens is 309 g/mol. The molecule has 1 aromatic carbocycles. The highest BCUT2D eigenvalue weighted by Gasteiger charge is 2.11. The molecule has 0 saturated carbocycles. The van der Waals surface area contributed by atoms with Crippen molar-refractivity contribution in [3.63, 3.8) is 0 Å². The molecule has 21 heavy (non-hydrogen) atoms. The summed E-state index contributed by atoms with van der Waals surface area (Å²) in [7, 11) is 0. The van der Waals surface area contributed by atoms with Gasteiger partial charge in [-0.15, -0.1) is 21.5 Å². The molecule has 0 saturated heterocycles. The lowest BCUT2D eigenvalue weighted by Crippen LogP contribution is -2.23. The van der Waals surface area contributed by atoms with E-state index in [1.54, 1.807) is 12.1 Å². The van der Waals surface area contributed by atoms with E-state index in [1.165, 1.54) is 17.4 Å². The van der Waals surface area contributed by atoms with E-state index in [9.17, 15) is 4.39 Å². The van der Waals surface area contributed by atoms with Crippen LogP contribution >= 0.6 is 22.9 Å². The highest BCUT2D eigenvalue weighted by atomic mass is 35.5. The zero-order valence-corrected chi connectivity index (χ0v) is 13.8. The maximum absolute atomic E-state index is 13.7. The van der Waals surface area contributed by atoms with E-state index in [4.69, 9.17) is 11.6 Å². The minimum absolute atomic E-state index is 0.291. The molecule has 0 fully saturated rings. The predicted molar refractivity (Wildman–Crippen MR) is 85.6 cm³/mol. The maximum Gasteiger partial charge on any atom is 0.128 e. The van der Waals surface area contributed by atoms with Crippen molar-refractivity contribution in [2.24, 2.45) is 0 Å². The molecule has 1 heterocycles. The second kappa shape index (κ2) is 7.82. The van der Waals surface area contributed by atoms with Gasteiger partial charge in [0.1, 0.15) is 15.8 Å². The molecule has 0 spiro atoms. The Kier molecular flexibility index (Phi) is 6.08. The summed E-state index contributed by atoms with van der Waals surface area (Å²) in [5.74, 6) is -0.291. The Labute approximate surface area is 133 Å². The summed E-state index contributed by atoms with van der Waals surface area (Å²) in [4.78, 5) is 0. The zero-order valence-electron chi connectivity index (χ0n) is 12.2. The van der Waals surface area contributed by atoms with Gasteiger partial charge in [0.15, 0.2) is 0 Å². The minimum Gasteiger partial charge on any atom is -0.315 e. The molecule has 0 aliphatic carbocycles. The van der Waals surface area contributed by atoms with Crippen molar-refractivity contribution in [3.05, 3.63) is 44.6 Å². The Morgan fingerprint density at radius 2 is 2.05 bits per heavy atom. The van der Waals surface area contributed by atoms with Gasteiger partial charge in [-0.1, -0.05) is 31.5 Å². The van der Waals surface area contributed by atoms with E-state index in [2.05, 4.69) is 29.4 Å². The van der Waals surface area contributed by atoms with Crippen molar-refractivity contribution in [1.82, 2.24) is 15.5 Å². The lowest BCUT2D eigenvalue weighted by Gasteiger charge is -2.05. The number of nitrogens with zero attached hydrogens (tertiary/aromatic N) is 2. The van der Waals surface area contributed by atoms with E-state index in [1.807, 2.05) is 0 Å². The number of hydrogen-bond acceptors (Lipinski definition) is 4. The molecule has 1 N–H and O–H groups in total. The molecule has 6 heteroatoms.